The van der Waals surface area contributed by atoms with Gasteiger partial charge in [0.05, 0.1) is 0 Å². The third kappa shape index (κ3) is 5.24. The van der Waals surface area contributed by atoms with Gasteiger partial charge in [-0.1, -0.05) is 0 Å². The summed E-state index contributed by atoms with van der Waals surface area (Å²) in [4.78, 5) is 32.7. The number of hydrogen-bond acceptors (Lipinski definition) is 7. The molecule has 0 radical (unpaired) electrons. The lowest BCUT2D eigenvalue weighted by molar-refractivity contribution is -0.165. The van der Waals surface area contributed by atoms with E-state index in [9.17, 15) is 14.4 Å². The third-order valence-electron chi connectivity index (χ3n) is 3.72. The standard InChI is InChI=1S/C9H15NO2.C4H6O6/c1-7(11)12-9-6-10-4-2-8(9)3-5-10;5-1(3(7)8)2(6)4(9)10/h8-9H,2-6H2,1H3;1-2,5-6H,(H,7,8)(H,9,10)/t9-;1-,2-/m01/s1. The van der Waals surface area contributed by atoms with Crippen molar-refractivity contribution in [3.63, 3.8) is 0 Å². The number of ether oxygens (including phenoxy) is 1. The minimum Gasteiger partial charge on any atom is -0.479 e. The average Bonchev–Trinajstić information content (AvgIpc) is 2.46. The first-order chi connectivity index (χ1) is 10.2. The number of fused-ring (bicyclic) bond motifs is 3. The zero-order valence-electron chi connectivity index (χ0n) is 12.2. The van der Waals surface area contributed by atoms with E-state index in [-0.39, 0.29) is 12.1 Å². The Balaban J connectivity index is 0.000000225. The number of hydrogen-bond donors (Lipinski definition) is 4. The molecule has 0 aromatic carbocycles. The molecule has 0 amide bonds. The van der Waals surface area contributed by atoms with Crippen molar-refractivity contribution in [1.29, 1.82) is 0 Å². The highest BCUT2D eigenvalue weighted by Crippen LogP contribution is 2.29. The number of carbonyl (C=O) groups excluding carboxylic acids is 1. The van der Waals surface area contributed by atoms with Crippen LogP contribution in [0.3, 0.4) is 0 Å². The fourth-order valence-corrected chi connectivity index (χ4v) is 2.53. The van der Waals surface area contributed by atoms with E-state index < -0.39 is 24.1 Å². The number of rotatable bonds is 4. The molecule has 2 bridgehead atoms. The second-order valence-electron chi connectivity index (χ2n) is 5.35. The summed E-state index contributed by atoms with van der Waals surface area (Å²) >= 11 is 0. The summed E-state index contributed by atoms with van der Waals surface area (Å²) in [6, 6.07) is 0. The number of carbonyl (C=O) groups is 3. The van der Waals surface area contributed by atoms with Crippen LogP contribution in [-0.4, -0.2) is 81.2 Å². The van der Waals surface area contributed by atoms with Crippen molar-refractivity contribution in [2.75, 3.05) is 19.6 Å². The summed E-state index contributed by atoms with van der Waals surface area (Å²) in [6.45, 7) is 4.85. The van der Waals surface area contributed by atoms with Gasteiger partial charge < -0.3 is 25.2 Å². The lowest BCUT2D eigenvalue weighted by Crippen LogP contribution is -2.51. The minimum absolute atomic E-state index is 0.131. The maximum absolute atomic E-state index is 10.7. The van der Waals surface area contributed by atoms with Crippen molar-refractivity contribution in [3.8, 4) is 0 Å². The van der Waals surface area contributed by atoms with Crippen LogP contribution in [0.15, 0.2) is 0 Å². The van der Waals surface area contributed by atoms with Crippen LogP contribution in [0.1, 0.15) is 19.8 Å². The molecule has 4 N–H and O–H groups in total. The molecule has 0 unspecified atom stereocenters. The summed E-state index contributed by atoms with van der Waals surface area (Å²) in [6.07, 6.45) is -1.93. The van der Waals surface area contributed by atoms with Crippen LogP contribution >= 0.6 is 0 Å². The van der Waals surface area contributed by atoms with E-state index in [1.807, 2.05) is 0 Å². The highest BCUT2D eigenvalue weighted by Gasteiger charge is 2.35. The topological polar surface area (TPSA) is 145 Å². The number of aliphatic hydroxyl groups excluding tert-OH is 2. The Hall–Kier alpha value is -1.71. The van der Waals surface area contributed by atoms with Gasteiger partial charge in [-0.15, -0.1) is 0 Å². The molecule has 0 spiro atoms. The highest BCUT2D eigenvalue weighted by atomic mass is 16.5. The first-order valence-electron chi connectivity index (χ1n) is 6.93. The van der Waals surface area contributed by atoms with Crippen LogP contribution in [0, 0.1) is 5.92 Å². The number of carboxylic acid groups (broad SMARTS) is 2. The second kappa shape index (κ2) is 8.06. The molecule has 9 nitrogen and oxygen atoms in total. The molecule has 0 aromatic heterocycles. The van der Waals surface area contributed by atoms with Crippen molar-refractivity contribution >= 4 is 17.9 Å². The summed E-state index contributed by atoms with van der Waals surface area (Å²) < 4.78 is 5.24. The number of carboxylic acids is 2. The quantitative estimate of drug-likeness (QED) is 0.456. The Morgan fingerprint density at radius 1 is 1.05 bits per heavy atom. The van der Waals surface area contributed by atoms with Crippen molar-refractivity contribution in [3.05, 3.63) is 0 Å². The molecule has 0 saturated carbocycles. The molecule has 0 aromatic rings. The zero-order chi connectivity index (χ0) is 16.9. The molecular formula is C13H21NO8. The normalized spacial score (nSPS) is 28.8. The van der Waals surface area contributed by atoms with Crippen molar-refractivity contribution in [1.82, 2.24) is 4.90 Å². The maximum Gasteiger partial charge on any atom is 0.335 e. The highest BCUT2D eigenvalue weighted by molar-refractivity contribution is 5.83. The molecule has 3 aliphatic rings. The van der Waals surface area contributed by atoms with E-state index in [2.05, 4.69) is 4.90 Å². The third-order valence-corrected chi connectivity index (χ3v) is 3.72. The van der Waals surface area contributed by atoms with Crippen molar-refractivity contribution < 1.29 is 39.5 Å². The van der Waals surface area contributed by atoms with Crippen LogP contribution < -0.4 is 0 Å². The molecule has 3 rings (SSSR count). The number of aliphatic hydroxyl groups is 2. The van der Waals surface area contributed by atoms with E-state index in [1.54, 1.807) is 0 Å². The van der Waals surface area contributed by atoms with Crippen molar-refractivity contribution in [2.24, 2.45) is 5.92 Å². The van der Waals surface area contributed by atoms with Gasteiger partial charge in [0.25, 0.3) is 0 Å². The van der Waals surface area contributed by atoms with E-state index in [4.69, 9.17) is 25.2 Å². The first kappa shape index (κ1) is 18.3. The average molecular weight is 319 g/mol. The molecule has 3 aliphatic heterocycles. The first-order valence-corrected chi connectivity index (χ1v) is 6.93. The molecule has 9 heteroatoms. The Kier molecular flexibility index (Phi) is 6.72. The molecule has 22 heavy (non-hydrogen) atoms. The SMILES string of the molecule is CC(=O)O[C@H]1CN2CCC1CC2.O=C(O)[C@H](O)[C@@H](O)C(=O)O. The summed E-state index contributed by atoms with van der Waals surface area (Å²) in [7, 11) is 0. The van der Waals surface area contributed by atoms with Crippen LogP contribution in [0.2, 0.25) is 0 Å². The molecule has 3 atom stereocenters. The van der Waals surface area contributed by atoms with Gasteiger partial charge in [0.1, 0.15) is 6.10 Å². The van der Waals surface area contributed by atoms with Crippen LogP contribution in [0.5, 0.6) is 0 Å². The van der Waals surface area contributed by atoms with Gasteiger partial charge in [0, 0.05) is 13.5 Å². The lowest BCUT2D eigenvalue weighted by atomic mass is 9.86. The molecule has 3 saturated heterocycles. The van der Waals surface area contributed by atoms with Crippen LogP contribution in [-0.2, 0) is 19.1 Å². The predicted octanol–water partition coefficient (Wildman–Crippen LogP) is -1.48. The predicted molar refractivity (Wildman–Crippen MR) is 72.0 cm³/mol. The van der Waals surface area contributed by atoms with Crippen LogP contribution in [0.4, 0.5) is 0 Å². The fourth-order valence-electron chi connectivity index (χ4n) is 2.53. The Morgan fingerprint density at radius 3 is 1.77 bits per heavy atom. The Labute approximate surface area is 127 Å². The number of aliphatic carboxylic acids is 2. The van der Waals surface area contributed by atoms with Crippen LogP contribution in [0.25, 0.3) is 0 Å². The molecule has 126 valence electrons. The van der Waals surface area contributed by atoms with E-state index in [0.29, 0.717) is 5.92 Å². The summed E-state index contributed by atoms with van der Waals surface area (Å²) in [5.41, 5.74) is 0. The number of nitrogens with zero attached hydrogens (tertiary/aromatic N) is 1. The molecular weight excluding hydrogens is 298 g/mol. The Bertz CT molecular complexity index is 400. The maximum atomic E-state index is 10.7. The van der Waals surface area contributed by atoms with Gasteiger partial charge in [0.15, 0.2) is 12.2 Å². The largest absolute Gasteiger partial charge is 0.479 e. The summed E-state index contributed by atoms with van der Waals surface area (Å²) in [5.74, 6) is -3.03. The van der Waals surface area contributed by atoms with Crippen molar-refractivity contribution in [2.45, 2.75) is 38.1 Å². The van der Waals surface area contributed by atoms with E-state index in [0.717, 1.165) is 6.54 Å². The van der Waals surface area contributed by atoms with Gasteiger partial charge in [0.2, 0.25) is 0 Å². The second-order valence-corrected chi connectivity index (χ2v) is 5.35. The van der Waals surface area contributed by atoms with Gasteiger partial charge in [-0.3, -0.25) is 9.69 Å². The van der Waals surface area contributed by atoms with Gasteiger partial charge >= 0.3 is 17.9 Å². The van der Waals surface area contributed by atoms with E-state index in [1.165, 1.54) is 32.9 Å². The zero-order valence-corrected chi connectivity index (χ0v) is 12.2. The fraction of sp³-hybridized carbons (Fsp3) is 0.769. The van der Waals surface area contributed by atoms with Gasteiger partial charge in [-0.2, -0.15) is 0 Å². The Morgan fingerprint density at radius 2 is 1.50 bits per heavy atom. The number of piperidine rings is 3. The number of esters is 1. The summed E-state index contributed by atoms with van der Waals surface area (Å²) in [5, 5.41) is 32.5. The van der Waals surface area contributed by atoms with Gasteiger partial charge in [-0.25, -0.2) is 9.59 Å². The lowest BCUT2D eigenvalue weighted by Gasteiger charge is -2.43. The smallest absolute Gasteiger partial charge is 0.335 e. The minimum atomic E-state index is -2.27. The van der Waals surface area contributed by atoms with Gasteiger partial charge in [-0.05, 0) is 31.8 Å². The molecule has 3 heterocycles. The molecule has 0 aliphatic carbocycles. The monoisotopic (exact) mass is 319 g/mol. The van der Waals surface area contributed by atoms with E-state index >= 15 is 0 Å². The molecule has 3 fully saturated rings.